The van der Waals surface area contributed by atoms with Crippen LogP contribution in [0.1, 0.15) is 39.2 Å². The van der Waals surface area contributed by atoms with E-state index in [1.807, 2.05) is 24.6 Å². The van der Waals surface area contributed by atoms with Crippen LogP contribution in [-0.2, 0) is 6.54 Å². The van der Waals surface area contributed by atoms with E-state index in [4.69, 9.17) is 4.42 Å². The summed E-state index contributed by atoms with van der Waals surface area (Å²) in [5.74, 6) is -0.00321. The van der Waals surface area contributed by atoms with Crippen LogP contribution in [0.4, 0.5) is 5.69 Å². The topological polar surface area (TPSA) is 89.2 Å². The summed E-state index contributed by atoms with van der Waals surface area (Å²) >= 11 is 0. The first kappa shape index (κ1) is 19.4. The largest absolute Gasteiger partial charge is 0.459 e. The number of hydrogen-bond donors (Lipinski definition) is 2. The quantitative estimate of drug-likeness (QED) is 0.657. The molecule has 0 radical (unpaired) electrons. The first-order chi connectivity index (χ1) is 13.4. The zero-order chi connectivity index (χ0) is 20.1. The minimum absolute atomic E-state index is 0.149. The summed E-state index contributed by atoms with van der Waals surface area (Å²) in [5, 5.41) is 10.1. The van der Waals surface area contributed by atoms with Gasteiger partial charge in [0.15, 0.2) is 5.76 Å². The summed E-state index contributed by atoms with van der Waals surface area (Å²) in [7, 11) is 0. The normalized spacial score (nSPS) is 11.8. The Balaban J connectivity index is 1.50. The van der Waals surface area contributed by atoms with Gasteiger partial charge in [0.1, 0.15) is 0 Å². The van der Waals surface area contributed by atoms with Crippen molar-refractivity contribution in [2.75, 3.05) is 11.9 Å². The fourth-order valence-electron chi connectivity index (χ4n) is 2.89. The molecule has 2 N–H and O–H groups in total. The summed E-state index contributed by atoms with van der Waals surface area (Å²) < 4.78 is 7.01. The van der Waals surface area contributed by atoms with E-state index in [9.17, 15) is 9.59 Å². The van der Waals surface area contributed by atoms with Gasteiger partial charge in [-0.2, -0.15) is 5.10 Å². The monoisotopic (exact) mass is 380 g/mol. The van der Waals surface area contributed by atoms with Crippen LogP contribution in [0.2, 0.25) is 0 Å². The summed E-state index contributed by atoms with van der Waals surface area (Å²) in [4.78, 5) is 24.3. The van der Waals surface area contributed by atoms with Crippen molar-refractivity contribution in [2.24, 2.45) is 5.92 Å². The van der Waals surface area contributed by atoms with Crippen molar-refractivity contribution in [3.05, 3.63) is 71.4 Å². The number of anilines is 1. The Hall–Kier alpha value is -3.35. The number of benzene rings is 1. The van der Waals surface area contributed by atoms with Crippen LogP contribution in [-0.4, -0.2) is 28.1 Å². The van der Waals surface area contributed by atoms with Crippen LogP contribution in [0, 0.1) is 19.8 Å². The first-order valence-corrected chi connectivity index (χ1v) is 9.16. The molecule has 7 nitrogen and oxygen atoms in total. The van der Waals surface area contributed by atoms with Gasteiger partial charge in [-0.1, -0.05) is 6.92 Å². The van der Waals surface area contributed by atoms with E-state index in [0.29, 0.717) is 17.8 Å². The number of furan rings is 1. The zero-order valence-corrected chi connectivity index (χ0v) is 16.2. The predicted octanol–water partition coefficient (Wildman–Crippen LogP) is 3.41. The summed E-state index contributed by atoms with van der Waals surface area (Å²) in [6.07, 6.45) is 1.44. The van der Waals surface area contributed by atoms with E-state index in [1.165, 1.54) is 6.26 Å². The highest BCUT2D eigenvalue weighted by molar-refractivity contribution is 6.02. The number of carbonyl (C=O) groups excluding carboxylic acids is 2. The maximum absolute atomic E-state index is 12.4. The third-order valence-corrected chi connectivity index (χ3v) is 4.35. The standard InChI is InChI=1S/C21H24N4O3/c1-14(13-25-16(3)11-15(2)24-25)12-22-20(26)17-6-8-18(9-7-17)23-21(27)19-5-4-10-28-19/h4-11,14H,12-13H2,1-3H3,(H,22,26)(H,23,27). The summed E-state index contributed by atoms with van der Waals surface area (Å²) in [5.41, 5.74) is 3.24. The second-order valence-corrected chi connectivity index (χ2v) is 6.93. The number of nitrogens with one attached hydrogen (secondary N) is 2. The number of carbonyl (C=O) groups is 2. The van der Waals surface area contributed by atoms with Crippen LogP contribution < -0.4 is 10.6 Å². The summed E-state index contributed by atoms with van der Waals surface area (Å²) in [6.45, 7) is 7.37. The Morgan fingerprint density at radius 1 is 1.14 bits per heavy atom. The van der Waals surface area contributed by atoms with Crippen molar-refractivity contribution < 1.29 is 14.0 Å². The second-order valence-electron chi connectivity index (χ2n) is 6.93. The van der Waals surface area contributed by atoms with Gasteiger partial charge in [0.2, 0.25) is 0 Å². The zero-order valence-electron chi connectivity index (χ0n) is 16.2. The van der Waals surface area contributed by atoms with Gasteiger partial charge in [-0.15, -0.1) is 0 Å². The van der Waals surface area contributed by atoms with Crippen LogP contribution in [0.25, 0.3) is 0 Å². The van der Waals surface area contributed by atoms with Crippen LogP contribution in [0.3, 0.4) is 0 Å². The molecule has 1 atom stereocenters. The Kier molecular flexibility index (Phi) is 5.93. The molecule has 0 bridgehead atoms. The Labute approximate surface area is 163 Å². The lowest BCUT2D eigenvalue weighted by atomic mass is 10.1. The Morgan fingerprint density at radius 2 is 1.89 bits per heavy atom. The van der Waals surface area contributed by atoms with Crippen LogP contribution >= 0.6 is 0 Å². The average molecular weight is 380 g/mol. The Bertz CT molecular complexity index is 943. The van der Waals surface area contributed by atoms with Gasteiger partial charge in [-0.3, -0.25) is 14.3 Å². The molecule has 2 heterocycles. The van der Waals surface area contributed by atoms with Crippen LogP contribution in [0.5, 0.6) is 0 Å². The van der Waals surface area contributed by atoms with E-state index in [0.717, 1.165) is 17.9 Å². The molecule has 28 heavy (non-hydrogen) atoms. The molecule has 1 unspecified atom stereocenters. The molecule has 146 valence electrons. The van der Waals surface area contributed by atoms with Gasteiger partial charge in [0, 0.05) is 30.0 Å². The van der Waals surface area contributed by atoms with Gasteiger partial charge in [-0.05, 0) is 62.2 Å². The highest BCUT2D eigenvalue weighted by atomic mass is 16.3. The minimum atomic E-state index is -0.333. The van der Waals surface area contributed by atoms with Crippen molar-refractivity contribution >= 4 is 17.5 Å². The van der Waals surface area contributed by atoms with E-state index in [2.05, 4.69) is 22.7 Å². The second kappa shape index (κ2) is 8.56. The molecule has 1 aromatic carbocycles. The van der Waals surface area contributed by atoms with E-state index in [1.54, 1.807) is 36.4 Å². The summed E-state index contributed by atoms with van der Waals surface area (Å²) in [6, 6.07) is 12.0. The van der Waals surface area contributed by atoms with Gasteiger partial charge >= 0.3 is 0 Å². The van der Waals surface area contributed by atoms with Crippen molar-refractivity contribution in [3.8, 4) is 0 Å². The molecular weight excluding hydrogens is 356 g/mol. The molecule has 0 aliphatic heterocycles. The highest BCUT2D eigenvalue weighted by Gasteiger charge is 2.12. The number of nitrogens with zero attached hydrogens (tertiary/aromatic N) is 2. The van der Waals surface area contributed by atoms with Gasteiger partial charge in [-0.25, -0.2) is 0 Å². The lowest BCUT2D eigenvalue weighted by Crippen LogP contribution is -2.30. The van der Waals surface area contributed by atoms with Crippen molar-refractivity contribution in [3.63, 3.8) is 0 Å². The minimum Gasteiger partial charge on any atom is -0.459 e. The van der Waals surface area contributed by atoms with Gasteiger partial charge in [0.25, 0.3) is 11.8 Å². The molecule has 7 heteroatoms. The molecule has 0 spiro atoms. The highest BCUT2D eigenvalue weighted by Crippen LogP contribution is 2.12. The third kappa shape index (κ3) is 4.88. The van der Waals surface area contributed by atoms with Crippen molar-refractivity contribution in [1.29, 1.82) is 0 Å². The average Bonchev–Trinajstić information content (AvgIpc) is 3.30. The lowest BCUT2D eigenvalue weighted by molar-refractivity contribution is 0.0945. The number of aryl methyl sites for hydroxylation is 2. The maximum Gasteiger partial charge on any atom is 0.291 e. The molecule has 0 fully saturated rings. The molecule has 3 rings (SSSR count). The van der Waals surface area contributed by atoms with Gasteiger partial charge in [0.05, 0.1) is 12.0 Å². The Morgan fingerprint density at radius 3 is 2.50 bits per heavy atom. The van der Waals surface area contributed by atoms with E-state index in [-0.39, 0.29) is 23.5 Å². The number of aromatic nitrogens is 2. The molecule has 0 aliphatic carbocycles. The van der Waals surface area contributed by atoms with E-state index >= 15 is 0 Å². The number of amides is 2. The molecule has 2 amide bonds. The van der Waals surface area contributed by atoms with E-state index < -0.39 is 0 Å². The predicted molar refractivity (Wildman–Crippen MR) is 106 cm³/mol. The molecule has 0 saturated heterocycles. The molecule has 2 aromatic heterocycles. The third-order valence-electron chi connectivity index (χ3n) is 4.35. The van der Waals surface area contributed by atoms with Gasteiger partial charge < -0.3 is 15.1 Å². The number of hydrogen-bond acceptors (Lipinski definition) is 4. The van der Waals surface area contributed by atoms with Crippen molar-refractivity contribution in [2.45, 2.75) is 27.3 Å². The first-order valence-electron chi connectivity index (χ1n) is 9.16. The molecule has 0 aliphatic rings. The molecular formula is C21H24N4O3. The molecule has 0 saturated carbocycles. The maximum atomic E-state index is 12.4. The van der Waals surface area contributed by atoms with Crippen molar-refractivity contribution in [1.82, 2.24) is 15.1 Å². The smallest absolute Gasteiger partial charge is 0.291 e. The fourth-order valence-corrected chi connectivity index (χ4v) is 2.89. The number of rotatable bonds is 7. The fraction of sp³-hybridized carbons (Fsp3) is 0.286. The molecule has 3 aromatic rings. The van der Waals surface area contributed by atoms with Crippen LogP contribution in [0.15, 0.2) is 53.1 Å². The SMILES string of the molecule is Cc1cc(C)n(CC(C)CNC(=O)c2ccc(NC(=O)c3ccco3)cc2)n1. The lowest BCUT2D eigenvalue weighted by Gasteiger charge is -2.14.